The van der Waals surface area contributed by atoms with Crippen molar-refractivity contribution in [2.24, 2.45) is 7.05 Å². The van der Waals surface area contributed by atoms with Crippen LogP contribution in [0.5, 0.6) is 0 Å². The van der Waals surface area contributed by atoms with Gasteiger partial charge in [0.15, 0.2) is 11.0 Å². The molecule has 1 N–H and O–H groups in total. The van der Waals surface area contributed by atoms with E-state index in [9.17, 15) is 4.79 Å². The number of aromatic nitrogens is 3. The van der Waals surface area contributed by atoms with Crippen molar-refractivity contribution in [2.45, 2.75) is 31.8 Å². The summed E-state index contributed by atoms with van der Waals surface area (Å²) < 4.78 is 1.85. The molecule has 0 radical (unpaired) electrons. The zero-order chi connectivity index (χ0) is 20.3. The van der Waals surface area contributed by atoms with E-state index in [-0.39, 0.29) is 11.7 Å². The van der Waals surface area contributed by atoms with Gasteiger partial charge in [-0.25, -0.2) is 0 Å². The minimum Gasteiger partial charge on any atom is -0.325 e. The van der Waals surface area contributed by atoms with Crippen LogP contribution in [0.4, 0.5) is 5.69 Å². The quantitative estimate of drug-likeness (QED) is 0.556. The molecule has 0 unspecified atom stereocenters. The fourth-order valence-electron chi connectivity index (χ4n) is 2.97. The molecule has 0 saturated heterocycles. The molecule has 0 aliphatic carbocycles. The van der Waals surface area contributed by atoms with Crippen molar-refractivity contribution in [1.82, 2.24) is 14.8 Å². The third-order valence-corrected chi connectivity index (χ3v) is 5.82. The Morgan fingerprint density at radius 1 is 1.18 bits per heavy atom. The number of halogens is 1. The summed E-state index contributed by atoms with van der Waals surface area (Å²) >= 11 is 7.61. The zero-order valence-electron chi connectivity index (χ0n) is 16.4. The van der Waals surface area contributed by atoms with Crippen molar-refractivity contribution in [2.75, 3.05) is 11.1 Å². The van der Waals surface area contributed by atoms with Crippen LogP contribution < -0.4 is 5.32 Å². The predicted octanol–water partition coefficient (Wildman–Crippen LogP) is 5.30. The Labute approximate surface area is 174 Å². The van der Waals surface area contributed by atoms with Gasteiger partial charge in [0.2, 0.25) is 5.91 Å². The molecule has 0 saturated carbocycles. The average Bonchev–Trinajstić information content (AvgIpc) is 3.02. The van der Waals surface area contributed by atoms with Gasteiger partial charge in [0.25, 0.3) is 0 Å². The predicted molar refractivity (Wildman–Crippen MR) is 116 cm³/mol. The largest absolute Gasteiger partial charge is 0.325 e. The molecule has 5 nitrogen and oxygen atoms in total. The van der Waals surface area contributed by atoms with Crippen LogP contribution in [0.2, 0.25) is 5.02 Å². The molecule has 3 rings (SSSR count). The van der Waals surface area contributed by atoms with Gasteiger partial charge in [-0.3, -0.25) is 4.79 Å². The Morgan fingerprint density at radius 2 is 1.93 bits per heavy atom. The maximum Gasteiger partial charge on any atom is 0.234 e. The summed E-state index contributed by atoms with van der Waals surface area (Å²) in [6, 6.07) is 13.6. The fourth-order valence-corrected chi connectivity index (χ4v) is 3.90. The van der Waals surface area contributed by atoms with Gasteiger partial charge in [0, 0.05) is 18.3 Å². The molecule has 7 heteroatoms. The van der Waals surface area contributed by atoms with Crippen molar-refractivity contribution in [3.63, 3.8) is 0 Å². The number of benzene rings is 2. The second-order valence-electron chi connectivity index (χ2n) is 6.88. The zero-order valence-corrected chi connectivity index (χ0v) is 17.9. The highest BCUT2D eigenvalue weighted by Crippen LogP contribution is 2.29. The highest BCUT2D eigenvalue weighted by atomic mass is 35.5. The van der Waals surface area contributed by atoms with Gasteiger partial charge in [-0.1, -0.05) is 67.5 Å². The van der Waals surface area contributed by atoms with Crippen LogP contribution in [0.1, 0.15) is 30.9 Å². The molecule has 0 fully saturated rings. The minimum absolute atomic E-state index is 0.0662. The molecule has 3 aromatic rings. The van der Waals surface area contributed by atoms with Crippen molar-refractivity contribution < 1.29 is 4.79 Å². The number of rotatable bonds is 6. The van der Waals surface area contributed by atoms with E-state index in [1.54, 1.807) is 0 Å². The molecule has 28 heavy (non-hydrogen) atoms. The molecule has 0 atom stereocenters. The lowest BCUT2D eigenvalue weighted by Crippen LogP contribution is -2.17. The van der Waals surface area contributed by atoms with E-state index in [0.29, 0.717) is 21.9 Å². The first-order valence-corrected chi connectivity index (χ1v) is 10.4. The van der Waals surface area contributed by atoms with Gasteiger partial charge in [-0.15, -0.1) is 10.2 Å². The topological polar surface area (TPSA) is 59.8 Å². The van der Waals surface area contributed by atoms with Crippen molar-refractivity contribution >= 4 is 35.0 Å². The van der Waals surface area contributed by atoms with E-state index < -0.39 is 0 Å². The normalized spacial score (nSPS) is 11.1. The molecule has 0 aliphatic rings. The third-order valence-electron chi connectivity index (χ3n) is 4.47. The maximum atomic E-state index is 12.5. The Kier molecular flexibility index (Phi) is 6.42. The van der Waals surface area contributed by atoms with Gasteiger partial charge < -0.3 is 9.88 Å². The summed E-state index contributed by atoms with van der Waals surface area (Å²) in [5, 5.41) is 12.8. The number of hydrogen-bond donors (Lipinski definition) is 1. The van der Waals surface area contributed by atoms with Gasteiger partial charge in [-0.2, -0.15) is 0 Å². The summed E-state index contributed by atoms with van der Waals surface area (Å²) in [7, 11) is 1.87. The van der Waals surface area contributed by atoms with Gasteiger partial charge in [-0.05, 0) is 36.1 Å². The number of aryl methyl sites for hydroxylation is 1. The third kappa shape index (κ3) is 4.39. The molecule has 0 bridgehead atoms. The molecule has 146 valence electrons. The fraction of sp³-hybridized carbons (Fsp3) is 0.286. The van der Waals surface area contributed by atoms with E-state index >= 15 is 0 Å². The Hall–Kier alpha value is -2.31. The summed E-state index contributed by atoms with van der Waals surface area (Å²) in [6.45, 7) is 6.25. The first kappa shape index (κ1) is 20.4. The second-order valence-corrected chi connectivity index (χ2v) is 8.23. The highest BCUT2D eigenvalue weighted by molar-refractivity contribution is 7.99. The Bertz CT molecular complexity index is 1000. The Balaban J connectivity index is 1.71. The van der Waals surface area contributed by atoms with Crippen LogP contribution in [0, 0.1) is 6.92 Å². The number of nitrogens with one attached hydrogen (secondary N) is 1. The van der Waals surface area contributed by atoms with Crippen LogP contribution in [-0.2, 0) is 11.8 Å². The molecule has 1 aromatic heterocycles. The SMILES string of the molecule is Cc1cccc(C(C)C)c1NC(=O)CSc1nnc(-c2ccccc2Cl)n1C. The summed E-state index contributed by atoms with van der Waals surface area (Å²) in [5.41, 5.74) is 3.91. The van der Waals surface area contributed by atoms with Crippen LogP contribution in [0.25, 0.3) is 11.4 Å². The summed E-state index contributed by atoms with van der Waals surface area (Å²) in [6.07, 6.45) is 0. The van der Waals surface area contributed by atoms with Gasteiger partial charge >= 0.3 is 0 Å². The van der Waals surface area contributed by atoms with E-state index in [2.05, 4.69) is 35.4 Å². The first-order chi connectivity index (χ1) is 13.4. The summed E-state index contributed by atoms with van der Waals surface area (Å²) in [4.78, 5) is 12.5. The standard InChI is InChI=1S/C21H23ClN4OS/c1-13(2)15-10-7-8-14(3)19(15)23-18(27)12-28-21-25-24-20(26(21)4)16-9-5-6-11-17(16)22/h5-11,13H,12H2,1-4H3,(H,23,27). The van der Waals surface area contributed by atoms with Crippen LogP contribution in [0.15, 0.2) is 47.6 Å². The van der Waals surface area contributed by atoms with Crippen molar-refractivity contribution in [3.05, 3.63) is 58.6 Å². The lowest BCUT2D eigenvalue weighted by atomic mass is 9.98. The average molecular weight is 415 g/mol. The number of nitrogens with zero attached hydrogens (tertiary/aromatic N) is 3. The van der Waals surface area contributed by atoms with Crippen LogP contribution in [-0.4, -0.2) is 26.4 Å². The van der Waals surface area contributed by atoms with Gasteiger partial charge in [0.05, 0.1) is 10.8 Å². The van der Waals surface area contributed by atoms with Crippen LogP contribution >= 0.6 is 23.4 Å². The maximum absolute atomic E-state index is 12.5. The van der Waals surface area contributed by atoms with E-state index in [1.165, 1.54) is 11.8 Å². The molecule has 0 spiro atoms. The minimum atomic E-state index is -0.0662. The molecule has 2 aromatic carbocycles. The van der Waals surface area contributed by atoms with Crippen molar-refractivity contribution in [1.29, 1.82) is 0 Å². The number of thioether (sulfide) groups is 1. The molecule has 1 amide bonds. The number of carbonyl (C=O) groups excluding carboxylic acids is 1. The smallest absolute Gasteiger partial charge is 0.234 e. The molecule has 1 heterocycles. The van der Waals surface area contributed by atoms with Crippen molar-refractivity contribution in [3.8, 4) is 11.4 Å². The number of hydrogen-bond acceptors (Lipinski definition) is 4. The lowest BCUT2D eigenvalue weighted by molar-refractivity contribution is -0.113. The first-order valence-electron chi connectivity index (χ1n) is 9.05. The Morgan fingerprint density at radius 3 is 2.64 bits per heavy atom. The van der Waals surface area contributed by atoms with E-state index in [1.807, 2.05) is 54.9 Å². The summed E-state index contributed by atoms with van der Waals surface area (Å²) in [5.74, 6) is 1.19. The molecule has 0 aliphatic heterocycles. The van der Waals surface area contributed by atoms with E-state index in [0.717, 1.165) is 22.4 Å². The van der Waals surface area contributed by atoms with Gasteiger partial charge in [0.1, 0.15) is 0 Å². The number of carbonyl (C=O) groups is 1. The molecular formula is C21H23ClN4OS. The number of para-hydroxylation sites is 1. The second kappa shape index (κ2) is 8.80. The highest BCUT2D eigenvalue weighted by Gasteiger charge is 2.16. The monoisotopic (exact) mass is 414 g/mol. The molecular weight excluding hydrogens is 392 g/mol. The van der Waals surface area contributed by atoms with Crippen LogP contribution in [0.3, 0.4) is 0 Å². The van der Waals surface area contributed by atoms with E-state index in [4.69, 9.17) is 11.6 Å². The lowest BCUT2D eigenvalue weighted by Gasteiger charge is -2.16. The number of anilines is 1. The number of amides is 1.